The summed E-state index contributed by atoms with van der Waals surface area (Å²) in [5, 5.41) is 2.48. The van der Waals surface area contributed by atoms with E-state index in [9.17, 15) is 0 Å². The predicted molar refractivity (Wildman–Crippen MR) is 79.3 cm³/mol. The molecule has 3 aromatic carbocycles. The zero-order chi connectivity index (χ0) is 13.1. The fourth-order valence-corrected chi connectivity index (χ4v) is 3.15. The molecule has 1 aromatic heterocycles. The van der Waals surface area contributed by atoms with E-state index in [2.05, 4.69) is 71.1 Å². The van der Waals surface area contributed by atoms with E-state index >= 15 is 0 Å². The van der Waals surface area contributed by atoms with Crippen molar-refractivity contribution in [3.05, 3.63) is 72.4 Å². The molecular weight excluding hydrogens is 244 g/mol. The average molecular weight is 255 g/mol. The van der Waals surface area contributed by atoms with Gasteiger partial charge in [0.1, 0.15) is 11.7 Å². The van der Waals surface area contributed by atoms with Crippen LogP contribution in [0, 0.1) is 6.21 Å². The first-order valence-electron chi connectivity index (χ1n) is 6.76. The second kappa shape index (κ2) is 3.42. The van der Waals surface area contributed by atoms with Gasteiger partial charge < -0.3 is 0 Å². The molecule has 92 valence electrons. The molecule has 0 fully saturated rings. The molecule has 0 saturated heterocycles. The third kappa shape index (κ3) is 1.14. The average Bonchev–Trinajstić information content (AvgIpc) is 2.87. The molecule has 1 aliphatic heterocycles. The molecule has 2 nitrogen and oxygen atoms in total. The summed E-state index contributed by atoms with van der Waals surface area (Å²) in [5.41, 5.74) is 4.73. The predicted octanol–water partition coefficient (Wildman–Crippen LogP) is 3.43. The van der Waals surface area contributed by atoms with Crippen molar-refractivity contribution in [1.29, 1.82) is 0 Å². The summed E-state index contributed by atoms with van der Waals surface area (Å²) in [6, 6.07) is 21.2. The molecule has 0 bridgehead atoms. The zero-order valence-electron chi connectivity index (χ0n) is 10.7. The van der Waals surface area contributed by atoms with Crippen LogP contribution in [0.3, 0.4) is 0 Å². The first kappa shape index (κ1) is 10.1. The summed E-state index contributed by atoms with van der Waals surface area (Å²) < 4.78 is 2.21. The highest BCUT2D eigenvalue weighted by Gasteiger charge is 2.25. The standard InChI is InChI=1S/C18H11N2/c1-2-8-14-13(5-1)11-20-16-10-4-7-12-6-3-9-15(17(12)16)19-18(14)20/h1-11H/q+1. The monoisotopic (exact) mass is 255 g/mol. The van der Waals surface area contributed by atoms with Crippen LogP contribution in [0.15, 0.2) is 60.7 Å². The fourth-order valence-electron chi connectivity index (χ4n) is 3.15. The van der Waals surface area contributed by atoms with E-state index in [1.165, 1.54) is 27.4 Å². The maximum Gasteiger partial charge on any atom is 0.336 e. The smallest absolute Gasteiger partial charge is 0.195 e. The number of aromatic nitrogens is 2. The van der Waals surface area contributed by atoms with Gasteiger partial charge in [0.25, 0.3) is 0 Å². The molecule has 4 aromatic rings. The molecule has 20 heavy (non-hydrogen) atoms. The van der Waals surface area contributed by atoms with Crippen LogP contribution in [0.4, 0.5) is 0 Å². The Balaban J connectivity index is 2.10. The first-order valence-corrected chi connectivity index (χ1v) is 6.76. The molecule has 0 spiro atoms. The van der Waals surface area contributed by atoms with Gasteiger partial charge in [-0.1, -0.05) is 42.5 Å². The van der Waals surface area contributed by atoms with Crippen LogP contribution >= 0.6 is 0 Å². The number of benzene rings is 3. The lowest BCUT2D eigenvalue weighted by atomic mass is 10.1. The maximum absolute atomic E-state index is 4.88. The Hall–Kier alpha value is -2.74. The van der Waals surface area contributed by atoms with Gasteiger partial charge in [-0.2, -0.15) is 4.24 Å². The molecule has 5 rings (SSSR count). The Labute approximate surface area is 115 Å². The van der Waals surface area contributed by atoms with E-state index in [1.54, 1.807) is 0 Å². The van der Waals surface area contributed by atoms with Crippen molar-refractivity contribution in [3.8, 4) is 11.4 Å². The SMILES string of the molecule is C1=[n+]2c(nc3cccc4cccc2c43)-c2ccccc21. The summed E-state index contributed by atoms with van der Waals surface area (Å²) in [5.74, 6) is 1.03. The van der Waals surface area contributed by atoms with Gasteiger partial charge in [-0.15, -0.1) is 0 Å². The van der Waals surface area contributed by atoms with Crippen LogP contribution in [-0.4, -0.2) is 4.98 Å². The largest absolute Gasteiger partial charge is 0.336 e. The molecule has 1 aliphatic rings. The minimum Gasteiger partial charge on any atom is -0.195 e. The summed E-state index contributed by atoms with van der Waals surface area (Å²) in [6.45, 7) is 0. The third-order valence-corrected chi connectivity index (χ3v) is 4.04. The number of fused-ring (bicyclic) bond motifs is 4. The third-order valence-electron chi connectivity index (χ3n) is 4.04. The minimum absolute atomic E-state index is 1.03. The van der Waals surface area contributed by atoms with Crippen molar-refractivity contribution in [2.75, 3.05) is 0 Å². The topological polar surface area (TPSA) is 18.8 Å². The quantitative estimate of drug-likeness (QED) is 0.388. The highest BCUT2D eigenvalue weighted by Crippen LogP contribution is 2.29. The lowest BCUT2D eigenvalue weighted by molar-refractivity contribution is -0.463. The number of nitrogens with zero attached hydrogens (tertiary/aromatic N) is 2. The maximum atomic E-state index is 4.88. The van der Waals surface area contributed by atoms with E-state index in [4.69, 9.17) is 4.98 Å². The molecule has 0 aliphatic carbocycles. The molecular formula is C18H11N2+. The van der Waals surface area contributed by atoms with Crippen molar-refractivity contribution in [2.24, 2.45) is 0 Å². The second-order valence-corrected chi connectivity index (χ2v) is 5.17. The molecule has 0 N–H and O–H groups in total. The second-order valence-electron chi connectivity index (χ2n) is 5.17. The Morgan fingerprint density at radius 3 is 2.60 bits per heavy atom. The van der Waals surface area contributed by atoms with Gasteiger partial charge in [0.05, 0.1) is 10.9 Å². The normalized spacial score (nSPS) is 12.4. The number of rotatable bonds is 0. The van der Waals surface area contributed by atoms with Crippen LogP contribution in [0.5, 0.6) is 0 Å². The van der Waals surface area contributed by atoms with Gasteiger partial charge in [-0.05, 0) is 28.6 Å². The van der Waals surface area contributed by atoms with E-state index < -0.39 is 0 Å². The summed E-state index contributed by atoms with van der Waals surface area (Å²) in [6.07, 6.45) is 2.18. The lowest BCUT2D eigenvalue weighted by Crippen LogP contribution is -2.19. The van der Waals surface area contributed by atoms with E-state index in [0.29, 0.717) is 0 Å². The van der Waals surface area contributed by atoms with Crippen molar-refractivity contribution < 1.29 is 4.24 Å². The van der Waals surface area contributed by atoms with Crippen LogP contribution in [-0.2, 0) is 0 Å². The van der Waals surface area contributed by atoms with Crippen molar-refractivity contribution >= 4 is 21.8 Å². The Kier molecular flexibility index (Phi) is 1.73. The van der Waals surface area contributed by atoms with Gasteiger partial charge in [-0.3, -0.25) is 0 Å². The summed E-state index contributed by atoms with van der Waals surface area (Å²) in [7, 11) is 0. The summed E-state index contributed by atoms with van der Waals surface area (Å²) >= 11 is 0. The van der Waals surface area contributed by atoms with Crippen LogP contribution in [0.25, 0.3) is 33.2 Å². The van der Waals surface area contributed by atoms with Crippen LogP contribution < -0.4 is 4.24 Å². The van der Waals surface area contributed by atoms with E-state index in [0.717, 1.165) is 11.3 Å². The van der Waals surface area contributed by atoms with Crippen molar-refractivity contribution in [2.45, 2.75) is 0 Å². The number of hydrogen-bond acceptors (Lipinski definition) is 1. The van der Waals surface area contributed by atoms with Gasteiger partial charge >= 0.3 is 5.82 Å². The highest BCUT2D eigenvalue weighted by atomic mass is 15.0. The van der Waals surface area contributed by atoms with Gasteiger partial charge in [0, 0.05) is 5.56 Å². The fraction of sp³-hybridized carbons (Fsp3) is 0. The van der Waals surface area contributed by atoms with Gasteiger partial charge in [0.15, 0.2) is 5.52 Å². The van der Waals surface area contributed by atoms with Gasteiger partial charge in [0.2, 0.25) is 0 Å². The van der Waals surface area contributed by atoms with Crippen molar-refractivity contribution in [3.63, 3.8) is 0 Å². The van der Waals surface area contributed by atoms with E-state index in [-0.39, 0.29) is 0 Å². The lowest BCUT2D eigenvalue weighted by Gasteiger charge is -2.00. The molecule has 0 unspecified atom stereocenters. The first-order chi connectivity index (χ1) is 9.92. The Morgan fingerprint density at radius 2 is 1.65 bits per heavy atom. The zero-order valence-corrected chi connectivity index (χ0v) is 10.7. The van der Waals surface area contributed by atoms with Crippen molar-refractivity contribution in [1.82, 2.24) is 4.98 Å². The van der Waals surface area contributed by atoms with Gasteiger partial charge in [-0.25, -0.2) is 0 Å². The number of hydrogen-bond donors (Lipinski definition) is 0. The Morgan fingerprint density at radius 1 is 0.800 bits per heavy atom. The van der Waals surface area contributed by atoms with Crippen LogP contribution in [0.2, 0.25) is 0 Å². The Bertz CT molecular complexity index is 1040. The minimum atomic E-state index is 1.03. The van der Waals surface area contributed by atoms with E-state index in [1.807, 2.05) is 0 Å². The molecule has 0 saturated carbocycles. The molecule has 0 radical (unpaired) electrons. The molecule has 2 heterocycles. The molecule has 2 heteroatoms. The molecule has 0 amide bonds. The van der Waals surface area contributed by atoms with Crippen LogP contribution in [0.1, 0.15) is 5.56 Å². The summed E-state index contributed by atoms with van der Waals surface area (Å²) in [4.78, 5) is 4.88. The highest BCUT2D eigenvalue weighted by molar-refractivity contribution is 6.05. The molecule has 0 atom stereocenters.